The third-order valence-corrected chi connectivity index (χ3v) is 2.84. The van der Waals surface area contributed by atoms with E-state index >= 15 is 0 Å². The maximum absolute atomic E-state index is 12.7. The first-order valence-corrected chi connectivity index (χ1v) is 6.51. The second kappa shape index (κ2) is 7.49. The zero-order valence-electron chi connectivity index (χ0n) is 10.9. The number of hydrogen-bond donors (Lipinski definition) is 1. The molecule has 0 radical (unpaired) electrons. The Hall–Kier alpha value is -1.93. The molecule has 2 rings (SSSR count). The monoisotopic (exact) mass is 255 g/mol. The van der Waals surface area contributed by atoms with Crippen LogP contribution in [0.4, 0.5) is 4.39 Å². The van der Waals surface area contributed by atoms with Gasteiger partial charge in [-0.05, 0) is 36.2 Å². The average Bonchev–Trinajstić information content (AvgIpc) is 2.46. The van der Waals surface area contributed by atoms with Crippen molar-refractivity contribution in [3.05, 3.63) is 77.6 Å². The molecule has 0 amide bonds. The molecule has 0 spiro atoms. The normalized spacial score (nSPS) is 11.0. The van der Waals surface area contributed by atoms with E-state index in [1.54, 1.807) is 12.1 Å². The minimum Gasteiger partial charge on any atom is -0.312 e. The molecule has 0 aliphatic carbocycles. The second-order valence-electron chi connectivity index (χ2n) is 4.40. The van der Waals surface area contributed by atoms with Gasteiger partial charge in [0.15, 0.2) is 0 Å². The molecule has 0 aromatic heterocycles. The van der Waals surface area contributed by atoms with Crippen LogP contribution in [0.15, 0.2) is 60.7 Å². The minimum absolute atomic E-state index is 0.193. The van der Waals surface area contributed by atoms with Crippen LogP contribution in [0.25, 0.3) is 6.08 Å². The topological polar surface area (TPSA) is 12.0 Å². The Morgan fingerprint density at radius 1 is 0.947 bits per heavy atom. The SMILES string of the molecule is Fc1ccc(/C=C/CCNCc2ccccc2)cc1. The van der Waals surface area contributed by atoms with E-state index in [1.807, 2.05) is 24.3 Å². The Balaban J connectivity index is 1.65. The van der Waals surface area contributed by atoms with Crippen LogP contribution < -0.4 is 5.32 Å². The molecule has 2 heteroatoms. The van der Waals surface area contributed by atoms with Crippen LogP contribution in [0, 0.1) is 5.82 Å². The fourth-order valence-corrected chi connectivity index (χ4v) is 1.81. The van der Waals surface area contributed by atoms with Crippen molar-refractivity contribution in [2.75, 3.05) is 6.54 Å². The van der Waals surface area contributed by atoms with Gasteiger partial charge in [-0.15, -0.1) is 0 Å². The van der Waals surface area contributed by atoms with E-state index in [0.29, 0.717) is 0 Å². The Morgan fingerprint density at radius 2 is 1.68 bits per heavy atom. The molecule has 0 saturated carbocycles. The molecule has 0 fully saturated rings. The summed E-state index contributed by atoms with van der Waals surface area (Å²) < 4.78 is 12.7. The summed E-state index contributed by atoms with van der Waals surface area (Å²) >= 11 is 0. The summed E-state index contributed by atoms with van der Waals surface area (Å²) in [5.41, 5.74) is 2.33. The lowest BCUT2D eigenvalue weighted by atomic mass is 10.2. The summed E-state index contributed by atoms with van der Waals surface area (Å²) in [4.78, 5) is 0. The molecular weight excluding hydrogens is 237 g/mol. The van der Waals surface area contributed by atoms with E-state index in [0.717, 1.165) is 25.1 Å². The van der Waals surface area contributed by atoms with Gasteiger partial charge in [0.1, 0.15) is 5.82 Å². The number of nitrogens with one attached hydrogen (secondary N) is 1. The van der Waals surface area contributed by atoms with Gasteiger partial charge in [0.25, 0.3) is 0 Å². The molecule has 0 unspecified atom stereocenters. The quantitative estimate of drug-likeness (QED) is 0.769. The highest BCUT2D eigenvalue weighted by atomic mass is 19.1. The van der Waals surface area contributed by atoms with Crippen molar-refractivity contribution in [2.45, 2.75) is 13.0 Å². The smallest absolute Gasteiger partial charge is 0.123 e. The highest BCUT2D eigenvalue weighted by Crippen LogP contribution is 2.05. The van der Waals surface area contributed by atoms with Gasteiger partial charge < -0.3 is 5.32 Å². The maximum Gasteiger partial charge on any atom is 0.123 e. The summed E-state index contributed by atoms with van der Waals surface area (Å²) in [5.74, 6) is -0.193. The number of halogens is 1. The van der Waals surface area contributed by atoms with Crippen LogP contribution in [-0.4, -0.2) is 6.54 Å². The third kappa shape index (κ3) is 5.06. The van der Waals surface area contributed by atoms with Gasteiger partial charge in [0.05, 0.1) is 0 Å². The highest BCUT2D eigenvalue weighted by Gasteiger charge is 1.90. The summed E-state index contributed by atoms with van der Waals surface area (Å²) in [6.07, 6.45) is 5.08. The molecule has 19 heavy (non-hydrogen) atoms. The molecule has 0 atom stereocenters. The molecule has 0 bridgehead atoms. The van der Waals surface area contributed by atoms with Crippen LogP contribution >= 0.6 is 0 Å². The third-order valence-electron chi connectivity index (χ3n) is 2.84. The Kier molecular flexibility index (Phi) is 5.32. The summed E-state index contributed by atoms with van der Waals surface area (Å²) in [5, 5.41) is 3.39. The lowest BCUT2D eigenvalue weighted by molar-refractivity contribution is 0.628. The number of hydrogen-bond acceptors (Lipinski definition) is 1. The Labute approximate surface area is 113 Å². The molecule has 98 valence electrons. The molecule has 1 N–H and O–H groups in total. The van der Waals surface area contributed by atoms with Gasteiger partial charge in [0, 0.05) is 6.54 Å². The molecule has 1 nitrogen and oxygen atoms in total. The first-order valence-electron chi connectivity index (χ1n) is 6.51. The summed E-state index contributed by atoms with van der Waals surface area (Å²) in [6, 6.07) is 16.9. The average molecular weight is 255 g/mol. The van der Waals surface area contributed by atoms with Crippen LogP contribution in [0.2, 0.25) is 0 Å². The zero-order valence-corrected chi connectivity index (χ0v) is 10.9. The van der Waals surface area contributed by atoms with Crippen molar-refractivity contribution in [3.8, 4) is 0 Å². The van der Waals surface area contributed by atoms with E-state index in [-0.39, 0.29) is 5.82 Å². The van der Waals surface area contributed by atoms with E-state index in [2.05, 4.69) is 23.5 Å². The first-order chi connectivity index (χ1) is 9.34. The molecule has 0 heterocycles. The van der Waals surface area contributed by atoms with Gasteiger partial charge >= 0.3 is 0 Å². The van der Waals surface area contributed by atoms with Crippen molar-refractivity contribution in [1.29, 1.82) is 0 Å². The lowest BCUT2D eigenvalue weighted by Gasteiger charge is -2.02. The standard InChI is InChI=1S/C17H18FN/c18-17-11-9-15(10-12-17)6-4-5-13-19-14-16-7-2-1-3-8-16/h1-4,6-12,19H,5,13-14H2/b6-4+. The fraction of sp³-hybridized carbons (Fsp3) is 0.176. The van der Waals surface area contributed by atoms with E-state index < -0.39 is 0 Å². The van der Waals surface area contributed by atoms with Crippen LogP contribution in [0.3, 0.4) is 0 Å². The highest BCUT2D eigenvalue weighted by molar-refractivity contribution is 5.48. The molecule has 2 aromatic carbocycles. The minimum atomic E-state index is -0.193. The number of rotatable bonds is 6. The molecule has 0 aliphatic heterocycles. The van der Waals surface area contributed by atoms with Gasteiger partial charge in [0.2, 0.25) is 0 Å². The lowest BCUT2D eigenvalue weighted by Crippen LogP contribution is -2.13. The number of benzene rings is 2. The van der Waals surface area contributed by atoms with E-state index in [4.69, 9.17) is 0 Å². The van der Waals surface area contributed by atoms with Crippen LogP contribution in [0.1, 0.15) is 17.5 Å². The Morgan fingerprint density at radius 3 is 2.42 bits per heavy atom. The van der Waals surface area contributed by atoms with E-state index in [1.165, 1.54) is 17.7 Å². The molecule has 0 aliphatic rings. The van der Waals surface area contributed by atoms with E-state index in [9.17, 15) is 4.39 Å². The van der Waals surface area contributed by atoms with Crippen molar-refractivity contribution in [1.82, 2.24) is 5.32 Å². The predicted octanol–water partition coefficient (Wildman–Crippen LogP) is 4.02. The van der Waals surface area contributed by atoms with Crippen molar-refractivity contribution in [2.24, 2.45) is 0 Å². The van der Waals surface area contributed by atoms with Crippen LogP contribution in [-0.2, 0) is 6.54 Å². The van der Waals surface area contributed by atoms with Gasteiger partial charge in [-0.3, -0.25) is 0 Å². The largest absolute Gasteiger partial charge is 0.312 e. The summed E-state index contributed by atoms with van der Waals surface area (Å²) in [7, 11) is 0. The van der Waals surface area contributed by atoms with Gasteiger partial charge in [-0.25, -0.2) is 4.39 Å². The van der Waals surface area contributed by atoms with Crippen molar-refractivity contribution >= 4 is 6.08 Å². The van der Waals surface area contributed by atoms with Crippen LogP contribution in [0.5, 0.6) is 0 Å². The molecule has 2 aromatic rings. The predicted molar refractivity (Wildman–Crippen MR) is 78.2 cm³/mol. The van der Waals surface area contributed by atoms with Crippen molar-refractivity contribution < 1.29 is 4.39 Å². The zero-order chi connectivity index (χ0) is 13.3. The van der Waals surface area contributed by atoms with Crippen molar-refractivity contribution in [3.63, 3.8) is 0 Å². The Bertz CT molecular complexity index is 503. The summed E-state index contributed by atoms with van der Waals surface area (Å²) in [6.45, 7) is 1.83. The maximum atomic E-state index is 12.7. The second-order valence-corrected chi connectivity index (χ2v) is 4.40. The van der Waals surface area contributed by atoms with Gasteiger partial charge in [-0.1, -0.05) is 54.6 Å². The molecular formula is C17H18FN. The first kappa shape index (κ1) is 13.5. The fourth-order valence-electron chi connectivity index (χ4n) is 1.81. The van der Waals surface area contributed by atoms with Gasteiger partial charge in [-0.2, -0.15) is 0 Å². The molecule has 0 saturated heterocycles.